The Balaban J connectivity index is 1.64. The molecule has 4 rings (SSSR count). The third-order valence-corrected chi connectivity index (χ3v) is 6.20. The summed E-state index contributed by atoms with van der Waals surface area (Å²) in [5.41, 5.74) is 5.20. The van der Waals surface area contributed by atoms with Crippen molar-refractivity contribution in [3.8, 4) is 17.1 Å². The molecule has 4 aromatic rings. The second-order valence-electron chi connectivity index (χ2n) is 7.40. The molecule has 0 bridgehead atoms. The molecule has 3 heterocycles. The molecule has 0 unspecified atom stereocenters. The number of benzene rings is 1. The van der Waals surface area contributed by atoms with Gasteiger partial charge in [-0.3, -0.25) is 19.3 Å². The van der Waals surface area contributed by atoms with E-state index in [-0.39, 0.29) is 11.7 Å². The van der Waals surface area contributed by atoms with Crippen LogP contribution >= 0.6 is 11.8 Å². The zero-order valence-corrected chi connectivity index (χ0v) is 19.5. The Hall–Kier alpha value is -3.52. The summed E-state index contributed by atoms with van der Waals surface area (Å²) in [5, 5.41) is 12.6. The summed E-state index contributed by atoms with van der Waals surface area (Å²) in [6.45, 7) is 4.68. The first-order chi connectivity index (χ1) is 16.2. The molecule has 0 saturated carbocycles. The van der Waals surface area contributed by atoms with Crippen LogP contribution in [0.15, 0.2) is 72.3 Å². The van der Waals surface area contributed by atoms with Crippen LogP contribution in [0.25, 0.3) is 17.1 Å². The molecule has 0 atom stereocenters. The van der Waals surface area contributed by atoms with Gasteiger partial charge in [0.05, 0.1) is 23.7 Å². The van der Waals surface area contributed by atoms with Crippen molar-refractivity contribution in [2.45, 2.75) is 38.4 Å². The number of thioether (sulfide) groups is 1. The fourth-order valence-corrected chi connectivity index (χ4v) is 4.39. The van der Waals surface area contributed by atoms with Gasteiger partial charge in [-0.05, 0) is 48.2 Å². The normalized spacial score (nSPS) is 10.8. The van der Waals surface area contributed by atoms with Crippen LogP contribution in [0.2, 0.25) is 0 Å². The van der Waals surface area contributed by atoms with E-state index in [9.17, 15) is 4.79 Å². The van der Waals surface area contributed by atoms with E-state index in [2.05, 4.69) is 62.1 Å². The van der Waals surface area contributed by atoms with Crippen LogP contribution in [0.1, 0.15) is 30.7 Å². The molecule has 0 spiro atoms. The first-order valence-electron chi connectivity index (χ1n) is 11.0. The van der Waals surface area contributed by atoms with Gasteiger partial charge in [-0.2, -0.15) is 0 Å². The summed E-state index contributed by atoms with van der Waals surface area (Å²) >= 11 is 1.38. The lowest BCUT2D eigenvalue weighted by atomic mass is 10.0. The third kappa shape index (κ3) is 5.28. The Kier molecular flexibility index (Phi) is 7.47. The highest BCUT2D eigenvalue weighted by Crippen LogP contribution is 2.32. The number of carbonyl (C=O) groups excluding carboxylic acids is 1. The van der Waals surface area contributed by atoms with Crippen LogP contribution in [0.5, 0.6) is 0 Å². The predicted octanol–water partition coefficient (Wildman–Crippen LogP) is 4.26. The first kappa shape index (κ1) is 22.7. The molecule has 0 radical (unpaired) electrons. The zero-order chi connectivity index (χ0) is 23.0. The van der Waals surface area contributed by atoms with Crippen molar-refractivity contribution < 1.29 is 4.79 Å². The number of aryl methyl sites for hydroxylation is 2. The van der Waals surface area contributed by atoms with E-state index in [4.69, 9.17) is 0 Å². The second kappa shape index (κ2) is 10.9. The molecule has 3 aromatic heterocycles. The van der Waals surface area contributed by atoms with Crippen molar-refractivity contribution in [2.24, 2.45) is 0 Å². The lowest BCUT2D eigenvalue weighted by Crippen LogP contribution is -2.25. The van der Waals surface area contributed by atoms with Gasteiger partial charge < -0.3 is 5.32 Å². The molecule has 1 amide bonds. The Labute approximate surface area is 197 Å². The minimum Gasteiger partial charge on any atom is -0.350 e. The van der Waals surface area contributed by atoms with Gasteiger partial charge in [0.15, 0.2) is 11.0 Å². The van der Waals surface area contributed by atoms with Crippen molar-refractivity contribution in [1.82, 2.24) is 30.0 Å². The number of nitrogens with one attached hydrogen (secondary N) is 1. The van der Waals surface area contributed by atoms with Gasteiger partial charge in [0.1, 0.15) is 0 Å². The number of rotatable bonds is 9. The van der Waals surface area contributed by atoms with E-state index in [0.717, 1.165) is 35.6 Å². The van der Waals surface area contributed by atoms with E-state index in [1.54, 1.807) is 18.6 Å². The maximum absolute atomic E-state index is 12.5. The van der Waals surface area contributed by atoms with Crippen LogP contribution in [0, 0.1) is 0 Å². The smallest absolute Gasteiger partial charge is 0.230 e. The van der Waals surface area contributed by atoms with Crippen LogP contribution in [0.3, 0.4) is 0 Å². The average molecular weight is 459 g/mol. The van der Waals surface area contributed by atoms with Crippen molar-refractivity contribution in [1.29, 1.82) is 0 Å². The fraction of sp³-hybridized carbons (Fsp3) is 0.240. The quantitative estimate of drug-likeness (QED) is 0.377. The summed E-state index contributed by atoms with van der Waals surface area (Å²) < 4.78 is 2.07. The van der Waals surface area contributed by atoms with Crippen molar-refractivity contribution in [2.75, 3.05) is 5.75 Å². The summed E-state index contributed by atoms with van der Waals surface area (Å²) in [4.78, 5) is 21.0. The summed E-state index contributed by atoms with van der Waals surface area (Å²) in [6.07, 6.45) is 7.00. The molecule has 168 valence electrons. The highest BCUT2D eigenvalue weighted by atomic mass is 32.2. The Morgan fingerprint density at radius 2 is 1.79 bits per heavy atom. The third-order valence-electron chi connectivity index (χ3n) is 5.27. The molecule has 0 saturated heterocycles. The van der Waals surface area contributed by atoms with Crippen molar-refractivity contribution >= 4 is 17.7 Å². The van der Waals surface area contributed by atoms with Crippen LogP contribution in [-0.2, 0) is 24.2 Å². The van der Waals surface area contributed by atoms with E-state index >= 15 is 0 Å². The van der Waals surface area contributed by atoms with Gasteiger partial charge >= 0.3 is 0 Å². The first-order valence-corrected chi connectivity index (χ1v) is 12.0. The Morgan fingerprint density at radius 1 is 0.970 bits per heavy atom. The highest BCUT2D eigenvalue weighted by molar-refractivity contribution is 7.99. The lowest BCUT2D eigenvalue weighted by molar-refractivity contribution is -0.118. The van der Waals surface area contributed by atoms with Crippen molar-refractivity contribution in [3.63, 3.8) is 0 Å². The van der Waals surface area contributed by atoms with Crippen molar-refractivity contribution in [3.05, 3.63) is 83.9 Å². The van der Waals surface area contributed by atoms with E-state index < -0.39 is 0 Å². The topological polar surface area (TPSA) is 85.6 Å². The van der Waals surface area contributed by atoms with Crippen LogP contribution in [0.4, 0.5) is 0 Å². The predicted molar refractivity (Wildman–Crippen MR) is 130 cm³/mol. The maximum atomic E-state index is 12.5. The summed E-state index contributed by atoms with van der Waals surface area (Å²) in [5.74, 6) is 0.867. The number of nitrogens with zero attached hydrogens (tertiary/aromatic N) is 5. The van der Waals surface area contributed by atoms with Gasteiger partial charge in [-0.15, -0.1) is 10.2 Å². The molecule has 1 N–H and O–H groups in total. The van der Waals surface area contributed by atoms with Gasteiger partial charge in [0.25, 0.3) is 0 Å². The minimum atomic E-state index is -0.0809. The van der Waals surface area contributed by atoms with Gasteiger partial charge in [0.2, 0.25) is 5.91 Å². The summed E-state index contributed by atoms with van der Waals surface area (Å²) in [7, 11) is 0. The lowest BCUT2D eigenvalue weighted by Gasteiger charge is -2.17. The van der Waals surface area contributed by atoms with Crippen LogP contribution < -0.4 is 5.32 Å². The molecule has 0 aliphatic heterocycles. The standard InChI is InChI=1S/C25H26N6OS/c1-3-18-9-7-10-19(4-2)23(18)31-24(20-11-8-13-26-15-20)29-30-25(31)33-17-22(32)28-16-21-12-5-6-14-27-21/h5-15H,3-4,16-17H2,1-2H3,(H,28,32). The molecule has 0 aliphatic rings. The SMILES string of the molecule is CCc1cccc(CC)c1-n1c(SCC(=O)NCc2ccccn2)nnc1-c1cccnc1. The molecule has 0 fully saturated rings. The Morgan fingerprint density at radius 3 is 2.45 bits per heavy atom. The molecule has 7 nitrogen and oxygen atoms in total. The number of para-hydroxylation sites is 1. The summed E-state index contributed by atoms with van der Waals surface area (Å²) in [6, 6.07) is 15.9. The average Bonchev–Trinajstić information content (AvgIpc) is 3.30. The van der Waals surface area contributed by atoms with E-state index in [1.165, 1.54) is 22.9 Å². The second-order valence-corrected chi connectivity index (χ2v) is 8.34. The van der Waals surface area contributed by atoms with Crippen LogP contribution in [-0.4, -0.2) is 36.4 Å². The number of hydrogen-bond donors (Lipinski definition) is 1. The number of aromatic nitrogens is 5. The maximum Gasteiger partial charge on any atom is 0.230 e. The van der Waals surface area contributed by atoms with E-state index in [0.29, 0.717) is 11.7 Å². The molecule has 0 aliphatic carbocycles. The van der Waals surface area contributed by atoms with Gasteiger partial charge in [0, 0.05) is 24.2 Å². The largest absolute Gasteiger partial charge is 0.350 e. The molecular weight excluding hydrogens is 432 g/mol. The number of carbonyl (C=O) groups is 1. The minimum absolute atomic E-state index is 0.0809. The Bertz CT molecular complexity index is 1190. The molecule has 8 heteroatoms. The molecule has 1 aromatic carbocycles. The van der Waals surface area contributed by atoms with E-state index in [1.807, 2.05) is 30.3 Å². The number of pyridine rings is 2. The number of amides is 1. The molecule has 33 heavy (non-hydrogen) atoms. The van der Waals surface area contributed by atoms with Gasteiger partial charge in [-0.25, -0.2) is 0 Å². The number of hydrogen-bond acceptors (Lipinski definition) is 6. The fourth-order valence-electron chi connectivity index (χ4n) is 3.62. The molecular formula is C25H26N6OS. The van der Waals surface area contributed by atoms with Gasteiger partial charge in [-0.1, -0.05) is 49.9 Å². The highest BCUT2D eigenvalue weighted by Gasteiger charge is 2.21. The zero-order valence-electron chi connectivity index (χ0n) is 18.7. The monoisotopic (exact) mass is 458 g/mol.